The van der Waals surface area contributed by atoms with Crippen molar-refractivity contribution in [1.82, 2.24) is 10.2 Å². The molecule has 18 heavy (non-hydrogen) atoms. The Balaban J connectivity index is 2.22. The van der Waals surface area contributed by atoms with Gasteiger partial charge in [0.2, 0.25) is 0 Å². The SMILES string of the molecule is COc1ccc(C(=O)N2CCNC[C@H]2C)c(C)c1. The van der Waals surface area contributed by atoms with Crippen molar-refractivity contribution in [2.45, 2.75) is 19.9 Å². The van der Waals surface area contributed by atoms with Crippen LogP contribution >= 0.6 is 0 Å². The van der Waals surface area contributed by atoms with Crippen molar-refractivity contribution in [2.24, 2.45) is 0 Å². The van der Waals surface area contributed by atoms with Gasteiger partial charge in [0.05, 0.1) is 7.11 Å². The maximum Gasteiger partial charge on any atom is 0.254 e. The molecule has 1 amide bonds. The number of hydrogen-bond donors (Lipinski definition) is 1. The topological polar surface area (TPSA) is 41.6 Å². The fraction of sp³-hybridized carbons (Fsp3) is 0.500. The molecule has 98 valence electrons. The molecular formula is C14H20N2O2. The van der Waals surface area contributed by atoms with Crippen LogP contribution in [0.4, 0.5) is 0 Å². The first kappa shape index (κ1) is 12.9. The van der Waals surface area contributed by atoms with Crippen molar-refractivity contribution in [3.05, 3.63) is 29.3 Å². The van der Waals surface area contributed by atoms with E-state index in [-0.39, 0.29) is 11.9 Å². The van der Waals surface area contributed by atoms with Crippen LogP contribution < -0.4 is 10.1 Å². The molecule has 1 fully saturated rings. The Hall–Kier alpha value is -1.55. The highest BCUT2D eigenvalue weighted by Crippen LogP contribution is 2.19. The summed E-state index contributed by atoms with van der Waals surface area (Å²) in [7, 11) is 1.63. The van der Waals surface area contributed by atoms with Crippen LogP contribution in [0.15, 0.2) is 18.2 Å². The zero-order valence-corrected chi connectivity index (χ0v) is 11.2. The van der Waals surface area contributed by atoms with Gasteiger partial charge in [0, 0.05) is 31.2 Å². The first-order valence-corrected chi connectivity index (χ1v) is 6.30. The van der Waals surface area contributed by atoms with Crippen molar-refractivity contribution in [1.29, 1.82) is 0 Å². The molecule has 1 aromatic carbocycles. The molecule has 1 aromatic rings. The van der Waals surface area contributed by atoms with E-state index in [1.54, 1.807) is 7.11 Å². The Bertz CT molecular complexity index is 445. The molecule has 0 aliphatic carbocycles. The zero-order valence-electron chi connectivity index (χ0n) is 11.2. The van der Waals surface area contributed by atoms with Crippen molar-refractivity contribution in [2.75, 3.05) is 26.7 Å². The monoisotopic (exact) mass is 248 g/mol. The van der Waals surface area contributed by atoms with Crippen LogP contribution in [0.25, 0.3) is 0 Å². The van der Waals surface area contributed by atoms with Crippen LogP contribution in [-0.2, 0) is 0 Å². The van der Waals surface area contributed by atoms with Crippen molar-refractivity contribution in [3.63, 3.8) is 0 Å². The quantitative estimate of drug-likeness (QED) is 0.861. The average molecular weight is 248 g/mol. The standard InChI is InChI=1S/C14H20N2O2/c1-10-8-12(18-3)4-5-13(10)14(17)16-7-6-15-9-11(16)2/h4-5,8,11,15H,6-7,9H2,1-3H3/t11-/m1/s1. The summed E-state index contributed by atoms with van der Waals surface area (Å²) in [6.45, 7) is 6.52. The summed E-state index contributed by atoms with van der Waals surface area (Å²) in [6.07, 6.45) is 0. The Labute approximate surface area is 108 Å². The van der Waals surface area contributed by atoms with Crippen LogP contribution in [0.3, 0.4) is 0 Å². The second kappa shape index (κ2) is 5.40. The maximum absolute atomic E-state index is 12.5. The molecule has 0 saturated carbocycles. The molecule has 1 saturated heterocycles. The Morgan fingerprint density at radius 2 is 2.28 bits per heavy atom. The van der Waals surface area contributed by atoms with E-state index in [1.165, 1.54) is 0 Å². The lowest BCUT2D eigenvalue weighted by Gasteiger charge is -2.34. The van der Waals surface area contributed by atoms with E-state index in [1.807, 2.05) is 30.0 Å². The van der Waals surface area contributed by atoms with Gasteiger partial charge in [-0.15, -0.1) is 0 Å². The van der Waals surface area contributed by atoms with Gasteiger partial charge in [0.1, 0.15) is 5.75 Å². The predicted octanol–water partition coefficient (Wildman–Crippen LogP) is 1.44. The van der Waals surface area contributed by atoms with Gasteiger partial charge in [-0.1, -0.05) is 0 Å². The van der Waals surface area contributed by atoms with Crippen LogP contribution in [-0.4, -0.2) is 43.6 Å². The summed E-state index contributed by atoms with van der Waals surface area (Å²) in [5.74, 6) is 0.904. The second-order valence-corrected chi connectivity index (χ2v) is 4.73. The van der Waals surface area contributed by atoms with Gasteiger partial charge in [0.25, 0.3) is 5.91 Å². The molecule has 4 nitrogen and oxygen atoms in total. The van der Waals surface area contributed by atoms with Gasteiger partial charge in [-0.05, 0) is 37.6 Å². The Morgan fingerprint density at radius 3 is 2.89 bits per heavy atom. The van der Waals surface area contributed by atoms with Crippen molar-refractivity contribution >= 4 is 5.91 Å². The minimum Gasteiger partial charge on any atom is -0.497 e. The summed E-state index contributed by atoms with van der Waals surface area (Å²) in [4.78, 5) is 14.4. The number of rotatable bonds is 2. The molecule has 4 heteroatoms. The van der Waals surface area contributed by atoms with E-state index in [9.17, 15) is 4.79 Å². The highest BCUT2D eigenvalue weighted by molar-refractivity contribution is 5.96. The Morgan fingerprint density at radius 1 is 1.50 bits per heavy atom. The number of carbonyl (C=O) groups excluding carboxylic acids is 1. The van der Waals surface area contributed by atoms with Gasteiger partial charge < -0.3 is 15.0 Å². The van der Waals surface area contributed by atoms with Crippen LogP contribution in [0, 0.1) is 6.92 Å². The van der Waals surface area contributed by atoms with E-state index >= 15 is 0 Å². The third kappa shape index (κ3) is 2.48. The summed E-state index contributed by atoms with van der Waals surface area (Å²) in [5.41, 5.74) is 1.73. The minimum absolute atomic E-state index is 0.115. The smallest absolute Gasteiger partial charge is 0.254 e. The van der Waals surface area contributed by atoms with Gasteiger partial charge >= 0.3 is 0 Å². The predicted molar refractivity (Wildman–Crippen MR) is 71.1 cm³/mol. The van der Waals surface area contributed by atoms with Gasteiger partial charge in [-0.2, -0.15) is 0 Å². The molecule has 1 atom stereocenters. The van der Waals surface area contributed by atoms with Crippen molar-refractivity contribution < 1.29 is 9.53 Å². The van der Waals surface area contributed by atoms with Crippen molar-refractivity contribution in [3.8, 4) is 5.75 Å². The molecule has 0 aromatic heterocycles. The number of piperazine rings is 1. The van der Waals surface area contributed by atoms with Crippen LogP contribution in [0.5, 0.6) is 5.75 Å². The number of nitrogens with one attached hydrogen (secondary N) is 1. The highest BCUT2D eigenvalue weighted by Gasteiger charge is 2.24. The number of methoxy groups -OCH3 is 1. The number of benzene rings is 1. The molecule has 1 aliphatic heterocycles. The van der Waals surface area contributed by atoms with E-state index < -0.39 is 0 Å². The molecule has 0 bridgehead atoms. The molecule has 1 N–H and O–H groups in total. The summed E-state index contributed by atoms with van der Waals surface area (Å²) in [5, 5.41) is 3.29. The molecular weight excluding hydrogens is 228 g/mol. The number of hydrogen-bond acceptors (Lipinski definition) is 3. The number of carbonyl (C=O) groups is 1. The summed E-state index contributed by atoms with van der Waals surface area (Å²) < 4.78 is 5.16. The molecule has 0 spiro atoms. The average Bonchev–Trinajstić information content (AvgIpc) is 2.38. The normalized spacial score (nSPS) is 19.7. The lowest BCUT2D eigenvalue weighted by atomic mass is 10.1. The largest absolute Gasteiger partial charge is 0.497 e. The Kier molecular flexibility index (Phi) is 3.87. The third-order valence-corrected chi connectivity index (χ3v) is 3.43. The van der Waals surface area contributed by atoms with E-state index in [4.69, 9.17) is 4.74 Å². The molecule has 1 aliphatic rings. The third-order valence-electron chi connectivity index (χ3n) is 3.43. The van der Waals surface area contributed by atoms with Crippen LogP contribution in [0.1, 0.15) is 22.8 Å². The van der Waals surface area contributed by atoms with Gasteiger partial charge in [-0.3, -0.25) is 4.79 Å². The lowest BCUT2D eigenvalue weighted by Crippen LogP contribution is -2.52. The minimum atomic E-state index is 0.115. The zero-order chi connectivity index (χ0) is 13.1. The van der Waals surface area contributed by atoms with E-state index in [2.05, 4.69) is 12.2 Å². The first-order valence-electron chi connectivity index (χ1n) is 6.30. The summed E-state index contributed by atoms with van der Waals surface area (Å²) >= 11 is 0. The molecule has 1 heterocycles. The highest BCUT2D eigenvalue weighted by atomic mass is 16.5. The summed E-state index contributed by atoms with van der Waals surface area (Å²) in [6, 6.07) is 5.84. The van der Waals surface area contributed by atoms with Gasteiger partial charge in [0.15, 0.2) is 0 Å². The maximum atomic E-state index is 12.5. The van der Waals surface area contributed by atoms with E-state index in [0.717, 1.165) is 36.5 Å². The number of amides is 1. The lowest BCUT2D eigenvalue weighted by molar-refractivity contribution is 0.0655. The molecule has 0 radical (unpaired) electrons. The van der Waals surface area contributed by atoms with Crippen LogP contribution in [0.2, 0.25) is 0 Å². The number of aryl methyl sites for hydroxylation is 1. The molecule has 0 unspecified atom stereocenters. The number of ether oxygens (including phenoxy) is 1. The van der Waals surface area contributed by atoms with E-state index in [0.29, 0.717) is 0 Å². The second-order valence-electron chi connectivity index (χ2n) is 4.73. The fourth-order valence-electron chi connectivity index (χ4n) is 2.30. The number of nitrogens with zero attached hydrogens (tertiary/aromatic N) is 1. The fourth-order valence-corrected chi connectivity index (χ4v) is 2.30. The first-order chi connectivity index (χ1) is 8.63. The van der Waals surface area contributed by atoms with Gasteiger partial charge in [-0.25, -0.2) is 0 Å². The molecule has 2 rings (SSSR count).